The maximum absolute atomic E-state index is 13.5. The summed E-state index contributed by atoms with van der Waals surface area (Å²) in [6, 6.07) is 12.8. The lowest BCUT2D eigenvalue weighted by Crippen LogP contribution is -2.52. The van der Waals surface area contributed by atoms with Gasteiger partial charge in [0.05, 0.1) is 25.2 Å². The number of aromatic amines is 1. The van der Waals surface area contributed by atoms with Crippen molar-refractivity contribution in [3.63, 3.8) is 0 Å². The zero-order valence-electron chi connectivity index (χ0n) is 17.0. The minimum absolute atomic E-state index is 0.0396. The molecule has 2 aromatic carbocycles. The Hall–Kier alpha value is -3.14. The Balaban J connectivity index is 1.74. The monoisotopic (exact) mass is 441 g/mol. The number of nitrogens with one attached hydrogen (secondary N) is 2. The molecule has 0 aliphatic carbocycles. The number of carbonyl (C=O) groups excluding carboxylic acids is 1. The van der Waals surface area contributed by atoms with Crippen molar-refractivity contribution in [1.82, 2.24) is 14.8 Å². The van der Waals surface area contributed by atoms with Crippen LogP contribution in [-0.2, 0) is 32.6 Å². The smallest absolute Gasteiger partial charge is 0.262 e. The van der Waals surface area contributed by atoms with Gasteiger partial charge in [0.2, 0.25) is 10.0 Å². The average Bonchev–Trinajstić information content (AvgIpc) is 3.16. The first-order valence-electron chi connectivity index (χ1n) is 9.72. The van der Waals surface area contributed by atoms with Crippen molar-refractivity contribution in [2.24, 2.45) is 0 Å². The summed E-state index contributed by atoms with van der Waals surface area (Å²) in [5.74, 6) is 0.0116. The van der Waals surface area contributed by atoms with Crippen molar-refractivity contribution < 1.29 is 22.8 Å². The zero-order chi connectivity index (χ0) is 22.0. The second kappa shape index (κ2) is 8.54. The summed E-state index contributed by atoms with van der Waals surface area (Å²) in [7, 11) is -2.46. The molecule has 1 amide bonds. The van der Waals surface area contributed by atoms with Crippen LogP contribution >= 0.6 is 0 Å². The molecule has 1 aliphatic rings. The van der Waals surface area contributed by atoms with E-state index in [-0.39, 0.29) is 24.5 Å². The second-order valence-electron chi connectivity index (χ2n) is 7.14. The topological polar surface area (TPSA) is 101 Å². The quantitative estimate of drug-likeness (QED) is 0.333. The Labute approximate surface area is 180 Å². The number of rotatable bonds is 7. The van der Waals surface area contributed by atoms with Crippen LogP contribution < -0.4 is 10.2 Å². The van der Waals surface area contributed by atoms with Gasteiger partial charge in [0.1, 0.15) is 11.8 Å². The van der Waals surface area contributed by atoms with Gasteiger partial charge in [-0.25, -0.2) is 13.9 Å². The van der Waals surface area contributed by atoms with Crippen LogP contribution in [-0.4, -0.2) is 43.4 Å². The van der Waals surface area contributed by atoms with E-state index in [1.807, 2.05) is 24.3 Å². The highest BCUT2D eigenvalue weighted by Crippen LogP contribution is 2.33. The average molecular weight is 442 g/mol. The summed E-state index contributed by atoms with van der Waals surface area (Å²) in [5.41, 5.74) is 4.95. The number of nitrogens with zero attached hydrogens (tertiary/aromatic N) is 1. The molecule has 1 aliphatic heterocycles. The van der Waals surface area contributed by atoms with E-state index < -0.39 is 22.0 Å². The molecule has 0 unspecified atom stereocenters. The highest BCUT2D eigenvalue weighted by Gasteiger charge is 2.41. The molecule has 1 atom stereocenters. The molecular weight excluding hydrogens is 418 g/mol. The molecule has 1 aromatic heterocycles. The van der Waals surface area contributed by atoms with E-state index in [1.165, 1.54) is 29.6 Å². The van der Waals surface area contributed by atoms with Gasteiger partial charge in [-0.2, -0.15) is 4.31 Å². The van der Waals surface area contributed by atoms with Crippen molar-refractivity contribution >= 4 is 26.8 Å². The minimum Gasteiger partial charge on any atom is -0.497 e. The van der Waals surface area contributed by atoms with E-state index in [9.17, 15) is 13.2 Å². The maximum Gasteiger partial charge on any atom is 0.262 e. The summed E-state index contributed by atoms with van der Waals surface area (Å²) >= 11 is 0. The molecule has 8 nitrogen and oxygen atoms in total. The number of benzene rings is 2. The third-order valence-corrected chi connectivity index (χ3v) is 7.17. The molecule has 4 rings (SSSR count). The lowest BCUT2D eigenvalue weighted by molar-refractivity contribution is -0.137. The van der Waals surface area contributed by atoms with Gasteiger partial charge in [-0.1, -0.05) is 24.3 Å². The summed E-state index contributed by atoms with van der Waals surface area (Å²) in [6.45, 7) is 3.69. The number of hydrogen-bond donors (Lipinski definition) is 2. The lowest BCUT2D eigenvalue weighted by Gasteiger charge is -2.33. The largest absolute Gasteiger partial charge is 0.497 e. The fraction of sp³-hybridized carbons (Fsp3) is 0.227. The van der Waals surface area contributed by atoms with Gasteiger partial charge in [0.25, 0.3) is 5.91 Å². The first-order valence-corrected chi connectivity index (χ1v) is 11.2. The number of methoxy groups -OCH3 is 1. The number of ether oxygens (including phenoxy) is 1. The number of aromatic nitrogens is 1. The molecule has 2 heterocycles. The van der Waals surface area contributed by atoms with Crippen molar-refractivity contribution in [3.8, 4) is 5.75 Å². The van der Waals surface area contributed by atoms with Gasteiger partial charge >= 0.3 is 0 Å². The number of sulfonamides is 1. The molecular formula is C22H23N3O5S. The van der Waals surface area contributed by atoms with Crippen LogP contribution in [0.15, 0.2) is 66.1 Å². The SMILES string of the molecule is C=CCONC(=O)[C@H]1Cc2c([nH]c3ccccc23)CN1S(=O)(=O)c1ccc(OC)cc1. The van der Waals surface area contributed by atoms with E-state index in [2.05, 4.69) is 17.0 Å². The van der Waals surface area contributed by atoms with Crippen LogP contribution in [0.3, 0.4) is 0 Å². The lowest BCUT2D eigenvalue weighted by atomic mass is 9.98. The number of hydroxylamine groups is 1. The third kappa shape index (κ3) is 3.95. The van der Waals surface area contributed by atoms with Gasteiger partial charge in [-0.05, 0) is 35.9 Å². The van der Waals surface area contributed by atoms with Crippen LogP contribution in [0, 0.1) is 0 Å². The Bertz CT molecular complexity index is 1220. The molecule has 0 radical (unpaired) electrons. The van der Waals surface area contributed by atoms with Crippen LogP contribution in [0.4, 0.5) is 0 Å². The number of fused-ring (bicyclic) bond motifs is 3. The van der Waals surface area contributed by atoms with Crippen LogP contribution in [0.2, 0.25) is 0 Å². The molecule has 0 fully saturated rings. The van der Waals surface area contributed by atoms with Crippen molar-refractivity contribution in [3.05, 3.63) is 72.4 Å². The maximum atomic E-state index is 13.5. The fourth-order valence-corrected chi connectivity index (χ4v) is 5.34. The van der Waals surface area contributed by atoms with Gasteiger partial charge in [-0.15, -0.1) is 6.58 Å². The van der Waals surface area contributed by atoms with E-state index in [1.54, 1.807) is 12.1 Å². The normalized spacial score (nSPS) is 16.6. The van der Waals surface area contributed by atoms with Crippen LogP contribution in [0.25, 0.3) is 10.9 Å². The van der Waals surface area contributed by atoms with E-state index >= 15 is 0 Å². The zero-order valence-corrected chi connectivity index (χ0v) is 17.8. The van der Waals surface area contributed by atoms with E-state index in [0.717, 1.165) is 22.2 Å². The first-order chi connectivity index (χ1) is 15.0. The molecule has 2 N–H and O–H groups in total. The van der Waals surface area contributed by atoms with E-state index in [4.69, 9.17) is 9.57 Å². The second-order valence-corrected chi connectivity index (χ2v) is 9.03. The molecule has 0 saturated carbocycles. The Morgan fingerprint density at radius 3 is 2.71 bits per heavy atom. The van der Waals surface area contributed by atoms with Crippen molar-refractivity contribution in [1.29, 1.82) is 0 Å². The highest BCUT2D eigenvalue weighted by molar-refractivity contribution is 7.89. The molecule has 3 aromatic rings. The summed E-state index contributed by atoms with van der Waals surface area (Å²) in [5, 5.41) is 0.976. The standard InChI is InChI=1S/C22H23N3O5S/c1-3-12-30-24-22(26)21-13-18-17-6-4-5-7-19(17)23-20(18)14-25(21)31(27,28)16-10-8-15(29-2)9-11-16/h3-11,21,23H,1,12-14H2,2H3,(H,24,26)/t21-/m1/s1. The Morgan fingerprint density at radius 1 is 1.26 bits per heavy atom. The molecule has 0 spiro atoms. The summed E-state index contributed by atoms with van der Waals surface area (Å²) < 4.78 is 33.3. The Morgan fingerprint density at radius 2 is 2.00 bits per heavy atom. The van der Waals surface area contributed by atoms with Gasteiger partial charge in [-0.3, -0.25) is 9.63 Å². The number of carbonyl (C=O) groups is 1. The number of hydrogen-bond acceptors (Lipinski definition) is 5. The summed E-state index contributed by atoms with van der Waals surface area (Å²) in [6.07, 6.45) is 1.71. The molecule has 9 heteroatoms. The summed E-state index contributed by atoms with van der Waals surface area (Å²) in [4.78, 5) is 21.4. The molecule has 162 valence electrons. The highest BCUT2D eigenvalue weighted by atomic mass is 32.2. The number of amides is 1. The van der Waals surface area contributed by atoms with Crippen LogP contribution in [0.5, 0.6) is 5.75 Å². The number of H-pyrrole nitrogens is 1. The van der Waals surface area contributed by atoms with Gasteiger partial charge in [0.15, 0.2) is 0 Å². The fourth-order valence-electron chi connectivity index (χ4n) is 3.78. The van der Waals surface area contributed by atoms with Gasteiger partial charge in [0, 0.05) is 23.0 Å². The molecule has 0 bridgehead atoms. The predicted octanol–water partition coefficient (Wildman–Crippen LogP) is 2.53. The molecule has 31 heavy (non-hydrogen) atoms. The molecule has 0 saturated heterocycles. The third-order valence-electron chi connectivity index (χ3n) is 5.30. The van der Waals surface area contributed by atoms with Crippen molar-refractivity contribution in [2.75, 3.05) is 13.7 Å². The number of para-hydroxylation sites is 1. The minimum atomic E-state index is -3.97. The Kier molecular flexibility index (Phi) is 5.81. The van der Waals surface area contributed by atoms with Gasteiger partial charge < -0.3 is 9.72 Å². The van der Waals surface area contributed by atoms with Crippen molar-refractivity contribution in [2.45, 2.75) is 23.9 Å². The van der Waals surface area contributed by atoms with Crippen LogP contribution in [0.1, 0.15) is 11.3 Å². The first kappa shape index (κ1) is 21.1. The predicted molar refractivity (Wildman–Crippen MR) is 116 cm³/mol. The van der Waals surface area contributed by atoms with E-state index in [0.29, 0.717) is 5.75 Å².